The molecule has 1 aromatic rings. The summed E-state index contributed by atoms with van der Waals surface area (Å²) in [6.07, 6.45) is 5.10. The van der Waals surface area contributed by atoms with E-state index in [1.54, 1.807) is 0 Å². The summed E-state index contributed by atoms with van der Waals surface area (Å²) in [6.45, 7) is 4.90. The highest BCUT2D eigenvalue weighted by Crippen LogP contribution is 2.22. The summed E-state index contributed by atoms with van der Waals surface area (Å²) in [5.74, 6) is 0. The van der Waals surface area contributed by atoms with Crippen LogP contribution >= 0.6 is 11.3 Å². The van der Waals surface area contributed by atoms with Crippen LogP contribution in [0.2, 0.25) is 0 Å². The molecule has 0 aliphatic heterocycles. The first kappa shape index (κ1) is 12.1. The zero-order chi connectivity index (χ0) is 11.2. The van der Waals surface area contributed by atoms with Crippen LogP contribution in [0.3, 0.4) is 0 Å². The SMILES string of the molecule is CCCCOCc1ccc(CNC2CC2)s1. The summed E-state index contributed by atoms with van der Waals surface area (Å²) < 4.78 is 5.60. The van der Waals surface area contributed by atoms with Gasteiger partial charge in [0.1, 0.15) is 0 Å². The Bertz CT molecular complexity index is 307. The highest BCUT2D eigenvalue weighted by molar-refractivity contribution is 7.11. The molecule has 1 aliphatic carbocycles. The van der Waals surface area contributed by atoms with Crippen molar-refractivity contribution in [2.75, 3.05) is 6.61 Å². The average Bonchev–Trinajstić information content (AvgIpc) is 3.02. The first-order chi connectivity index (χ1) is 7.88. The zero-order valence-electron chi connectivity index (χ0n) is 10.00. The third kappa shape index (κ3) is 4.24. The summed E-state index contributed by atoms with van der Waals surface area (Å²) >= 11 is 1.87. The van der Waals surface area contributed by atoms with E-state index in [1.165, 1.54) is 35.4 Å². The van der Waals surface area contributed by atoms with E-state index in [-0.39, 0.29) is 0 Å². The smallest absolute Gasteiger partial charge is 0.0809 e. The van der Waals surface area contributed by atoms with Crippen LogP contribution in [0.4, 0.5) is 0 Å². The molecule has 1 aliphatic rings. The van der Waals surface area contributed by atoms with Crippen molar-refractivity contribution in [1.82, 2.24) is 5.32 Å². The van der Waals surface area contributed by atoms with E-state index in [4.69, 9.17) is 4.74 Å². The highest BCUT2D eigenvalue weighted by Gasteiger charge is 2.20. The Hall–Kier alpha value is -0.380. The number of ether oxygens (including phenoxy) is 1. The van der Waals surface area contributed by atoms with Crippen molar-refractivity contribution in [3.05, 3.63) is 21.9 Å². The molecule has 0 bridgehead atoms. The Labute approximate surface area is 102 Å². The lowest BCUT2D eigenvalue weighted by Gasteiger charge is -2.00. The lowest BCUT2D eigenvalue weighted by Crippen LogP contribution is -2.14. The summed E-state index contributed by atoms with van der Waals surface area (Å²) in [5.41, 5.74) is 0. The average molecular weight is 239 g/mol. The fourth-order valence-electron chi connectivity index (χ4n) is 1.55. The maximum atomic E-state index is 5.60. The standard InChI is InChI=1S/C13H21NOS/c1-2-3-8-15-10-13-7-6-12(16-13)9-14-11-4-5-11/h6-7,11,14H,2-5,8-10H2,1H3. The highest BCUT2D eigenvalue weighted by atomic mass is 32.1. The van der Waals surface area contributed by atoms with E-state index in [0.29, 0.717) is 0 Å². The molecule has 0 radical (unpaired) electrons. The van der Waals surface area contributed by atoms with Gasteiger partial charge < -0.3 is 10.1 Å². The molecule has 0 atom stereocenters. The van der Waals surface area contributed by atoms with Crippen molar-refractivity contribution >= 4 is 11.3 Å². The molecule has 0 aromatic carbocycles. The van der Waals surface area contributed by atoms with Crippen LogP contribution in [0.5, 0.6) is 0 Å². The molecular weight excluding hydrogens is 218 g/mol. The lowest BCUT2D eigenvalue weighted by molar-refractivity contribution is 0.120. The van der Waals surface area contributed by atoms with Gasteiger partial charge >= 0.3 is 0 Å². The van der Waals surface area contributed by atoms with Gasteiger partial charge in [0.05, 0.1) is 6.61 Å². The van der Waals surface area contributed by atoms with E-state index in [9.17, 15) is 0 Å². The van der Waals surface area contributed by atoms with Crippen molar-refractivity contribution in [2.24, 2.45) is 0 Å². The molecule has 2 rings (SSSR count). The van der Waals surface area contributed by atoms with Gasteiger partial charge in [0, 0.05) is 28.9 Å². The molecule has 3 heteroatoms. The van der Waals surface area contributed by atoms with Crippen molar-refractivity contribution in [3.8, 4) is 0 Å². The third-order valence-corrected chi connectivity index (χ3v) is 3.80. The van der Waals surface area contributed by atoms with Crippen LogP contribution in [-0.4, -0.2) is 12.6 Å². The van der Waals surface area contributed by atoms with Crippen molar-refractivity contribution < 1.29 is 4.74 Å². The Morgan fingerprint density at radius 3 is 2.94 bits per heavy atom. The number of rotatable bonds is 8. The summed E-state index contributed by atoms with van der Waals surface area (Å²) in [7, 11) is 0. The van der Waals surface area contributed by atoms with Crippen molar-refractivity contribution in [1.29, 1.82) is 0 Å². The second-order valence-electron chi connectivity index (χ2n) is 4.43. The van der Waals surface area contributed by atoms with Crippen LogP contribution in [0.25, 0.3) is 0 Å². The Kier molecular flexibility index (Phi) is 4.82. The number of thiophene rings is 1. The zero-order valence-corrected chi connectivity index (χ0v) is 10.8. The molecule has 1 heterocycles. The second-order valence-corrected chi connectivity index (χ2v) is 5.68. The van der Waals surface area contributed by atoms with E-state index in [0.717, 1.165) is 25.8 Å². The van der Waals surface area contributed by atoms with Crippen LogP contribution in [0.15, 0.2) is 12.1 Å². The van der Waals surface area contributed by atoms with Crippen LogP contribution in [0.1, 0.15) is 42.4 Å². The van der Waals surface area contributed by atoms with E-state index < -0.39 is 0 Å². The molecule has 16 heavy (non-hydrogen) atoms. The van der Waals surface area contributed by atoms with Gasteiger partial charge in [0.25, 0.3) is 0 Å². The first-order valence-electron chi connectivity index (χ1n) is 6.27. The molecular formula is C13H21NOS. The third-order valence-electron chi connectivity index (χ3n) is 2.75. The quantitative estimate of drug-likeness (QED) is 0.703. The molecule has 0 amide bonds. The normalized spacial score (nSPS) is 15.6. The molecule has 90 valence electrons. The Morgan fingerprint density at radius 2 is 2.19 bits per heavy atom. The maximum absolute atomic E-state index is 5.60. The minimum Gasteiger partial charge on any atom is -0.376 e. The Morgan fingerprint density at radius 1 is 1.38 bits per heavy atom. The lowest BCUT2D eigenvalue weighted by atomic mass is 10.4. The Balaban J connectivity index is 1.64. The molecule has 0 spiro atoms. The molecule has 0 saturated heterocycles. The minimum absolute atomic E-state index is 0.786. The van der Waals surface area contributed by atoms with Crippen LogP contribution in [0, 0.1) is 0 Å². The largest absolute Gasteiger partial charge is 0.376 e. The van der Waals surface area contributed by atoms with Crippen LogP contribution in [-0.2, 0) is 17.9 Å². The predicted molar refractivity (Wildman–Crippen MR) is 68.7 cm³/mol. The molecule has 1 saturated carbocycles. The molecule has 2 nitrogen and oxygen atoms in total. The van der Waals surface area contributed by atoms with E-state index in [1.807, 2.05) is 11.3 Å². The summed E-state index contributed by atoms with van der Waals surface area (Å²) in [4.78, 5) is 2.78. The predicted octanol–water partition coefficient (Wildman–Crippen LogP) is 3.32. The van der Waals surface area contributed by atoms with Crippen molar-refractivity contribution in [3.63, 3.8) is 0 Å². The van der Waals surface area contributed by atoms with Gasteiger partial charge in [0.15, 0.2) is 0 Å². The second kappa shape index (κ2) is 6.38. The maximum Gasteiger partial charge on any atom is 0.0809 e. The monoisotopic (exact) mass is 239 g/mol. The molecule has 1 aromatic heterocycles. The van der Waals surface area contributed by atoms with Gasteiger partial charge in [-0.25, -0.2) is 0 Å². The molecule has 0 unspecified atom stereocenters. The van der Waals surface area contributed by atoms with Crippen molar-refractivity contribution in [2.45, 2.75) is 51.8 Å². The summed E-state index contributed by atoms with van der Waals surface area (Å²) in [5, 5.41) is 3.53. The number of unbranched alkanes of at least 4 members (excludes halogenated alkanes) is 1. The van der Waals surface area contributed by atoms with Gasteiger partial charge in [-0.3, -0.25) is 0 Å². The van der Waals surface area contributed by atoms with Gasteiger partial charge in [-0.05, 0) is 31.4 Å². The first-order valence-corrected chi connectivity index (χ1v) is 7.09. The number of hydrogen-bond acceptors (Lipinski definition) is 3. The molecule has 1 N–H and O–H groups in total. The topological polar surface area (TPSA) is 21.3 Å². The van der Waals surface area contributed by atoms with Gasteiger partial charge in [0.2, 0.25) is 0 Å². The van der Waals surface area contributed by atoms with Gasteiger partial charge in [-0.1, -0.05) is 13.3 Å². The van der Waals surface area contributed by atoms with Gasteiger partial charge in [-0.15, -0.1) is 11.3 Å². The minimum atomic E-state index is 0.786. The fraction of sp³-hybridized carbons (Fsp3) is 0.692. The number of hydrogen-bond donors (Lipinski definition) is 1. The molecule has 1 fully saturated rings. The van der Waals surface area contributed by atoms with E-state index in [2.05, 4.69) is 24.4 Å². The van der Waals surface area contributed by atoms with E-state index >= 15 is 0 Å². The fourth-order valence-corrected chi connectivity index (χ4v) is 2.45. The summed E-state index contributed by atoms with van der Waals surface area (Å²) in [6, 6.07) is 5.21. The number of nitrogens with one attached hydrogen (secondary N) is 1. The van der Waals surface area contributed by atoms with Crippen LogP contribution < -0.4 is 5.32 Å². The van der Waals surface area contributed by atoms with Gasteiger partial charge in [-0.2, -0.15) is 0 Å².